The molecule has 1 saturated carbocycles. The van der Waals surface area contributed by atoms with Crippen LogP contribution >= 0.6 is 0 Å². The zero-order valence-electron chi connectivity index (χ0n) is 17.2. The maximum Gasteiger partial charge on any atom is 0.267 e. The van der Waals surface area contributed by atoms with E-state index < -0.39 is 23.6 Å². The maximum atomic E-state index is 14.3. The summed E-state index contributed by atoms with van der Waals surface area (Å²) in [7, 11) is 0. The molecule has 1 aromatic carbocycles. The molecular weight excluding hydrogens is 418 g/mol. The number of hydrogen-bond donors (Lipinski definition) is 1. The first-order valence-corrected chi connectivity index (χ1v) is 10.6. The van der Waals surface area contributed by atoms with Gasteiger partial charge in [0.2, 0.25) is 11.9 Å². The van der Waals surface area contributed by atoms with Crippen molar-refractivity contribution in [3.05, 3.63) is 53.4 Å². The highest BCUT2D eigenvalue weighted by Gasteiger charge is 2.46. The second-order valence-corrected chi connectivity index (χ2v) is 8.60. The van der Waals surface area contributed by atoms with Crippen molar-refractivity contribution in [2.24, 2.45) is 28.6 Å². The molecule has 2 fully saturated rings. The van der Waals surface area contributed by atoms with E-state index in [2.05, 4.69) is 15.1 Å². The van der Waals surface area contributed by atoms with E-state index >= 15 is 0 Å². The molecule has 2 aromatic rings. The molecule has 32 heavy (non-hydrogen) atoms. The van der Waals surface area contributed by atoms with Gasteiger partial charge in [-0.1, -0.05) is 0 Å². The number of carbonyl (C=O) groups excluding carboxylic acids is 2. The summed E-state index contributed by atoms with van der Waals surface area (Å²) >= 11 is 0. The molecular formula is C22H22F2N6O2. The van der Waals surface area contributed by atoms with E-state index in [9.17, 15) is 18.4 Å². The minimum atomic E-state index is -0.625. The monoisotopic (exact) mass is 440 g/mol. The maximum absolute atomic E-state index is 14.3. The number of anilines is 1. The molecule has 3 aliphatic rings. The van der Waals surface area contributed by atoms with Gasteiger partial charge in [0.15, 0.2) is 0 Å². The molecule has 2 N–H and O–H groups in total. The van der Waals surface area contributed by atoms with Gasteiger partial charge in [-0.2, -0.15) is 5.10 Å². The number of aromatic nitrogens is 2. The zero-order valence-corrected chi connectivity index (χ0v) is 17.2. The van der Waals surface area contributed by atoms with Crippen LogP contribution < -0.4 is 10.6 Å². The Hall–Kier alpha value is -3.43. The lowest BCUT2D eigenvalue weighted by Gasteiger charge is -2.26. The highest BCUT2D eigenvalue weighted by molar-refractivity contribution is 5.90. The summed E-state index contributed by atoms with van der Waals surface area (Å²) in [4.78, 5) is 35.1. The van der Waals surface area contributed by atoms with Crippen molar-refractivity contribution in [1.29, 1.82) is 0 Å². The molecule has 0 spiro atoms. The summed E-state index contributed by atoms with van der Waals surface area (Å²) < 4.78 is 28.0. The molecule has 0 bridgehead atoms. The van der Waals surface area contributed by atoms with Gasteiger partial charge in [-0.3, -0.25) is 9.59 Å². The van der Waals surface area contributed by atoms with Crippen molar-refractivity contribution in [3.8, 4) is 0 Å². The number of primary amides is 1. The summed E-state index contributed by atoms with van der Waals surface area (Å²) in [6.07, 6.45) is 4.81. The van der Waals surface area contributed by atoms with Crippen LogP contribution in [0.1, 0.15) is 41.4 Å². The Bertz CT molecular complexity index is 1100. The molecule has 1 aliphatic carbocycles. The summed E-state index contributed by atoms with van der Waals surface area (Å²) in [5, 5.41) is 5.51. The smallest absolute Gasteiger partial charge is 0.267 e. The van der Waals surface area contributed by atoms with Gasteiger partial charge in [0.25, 0.3) is 5.91 Å². The van der Waals surface area contributed by atoms with E-state index in [1.807, 2.05) is 4.90 Å². The molecule has 1 saturated heterocycles. The van der Waals surface area contributed by atoms with Gasteiger partial charge in [-0.15, -0.1) is 0 Å². The van der Waals surface area contributed by atoms with Gasteiger partial charge >= 0.3 is 0 Å². The molecule has 0 radical (unpaired) electrons. The van der Waals surface area contributed by atoms with E-state index in [0.29, 0.717) is 38.3 Å². The average Bonchev–Trinajstić information content (AvgIpc) is 3.50. The molecule has 1 unspecified atom stereocenters. The Labute approximate surface area is 183 Å². The number of amides is 2. The van der Waals surface area contributed by atoms with Crippen LogP contribution in [0.2, 0.25) is 0 Å². The number of nitrogens with zero attached hydrogens (tertiary/aromatic N) is 5. The van der Waals surface area contributed by atoms with Crippen LogP contribution in [-0.4, -0.2) is 46.1 Å². The Morgan fingerprint density at radius 1 is 1.09 bits per heavy atom. The van der Waals surface area contributed by atoms with Gasteiger partial charge in [0.05, 0.1) is 6.04 Å². The molecule has 166 valence electrons. The van der Waals surface area contributed by atoms with Gasteiger partial charge in [-0.25, -0.2) is 23.8 Å². The third-order valence-corrected chi connectivity index (χ3v) is 6.65. The van der Waals surface area contributed by atoms with Crippen LogP contribution in [-0.2, 0) is 4.79 Å². The predicted molar refractivity (Wildman–Crippen MR) is 112 cm³/mol. The Kier molecular flexibility index (Phi) is 5.07. The van der Waals surface area contributed by atoms with Crippen molar-refractivity contribution in [3.63, 3.8) is 0 Å². The number of rotatable bonds is 4. The molecule has 2 amide bonds. The minimum absolute atomic E-state index is 0.145. The second-order valence-electron chi connectivity index (χ2n) is 8.60. The SMILES string of the molecule is NC(=O)c1ccnc(N2C[C@H]3CC(C(=O)N4N=CC[C@H]4c4cc(F)ccc4F)C[C@H]3C2)n1. The van der Waals surface area contributed by atoms with Gasteiger partial charge in [0, 0.05) is 43.4 Å². The number of fused-ring (bicyclic) bond motifs is 1. The normalized spacial score (nSPS) is 26.6. The summed E-state index contributed by atoms with van der Waals surface area (Å²) in [6.45, 7) is 1.36. The predicted octanol–water partition coefficient (Wildman–Crippen LogP) is 2.28. The van der Waals surface area contributed by atoms with E-state index in [4.69, 9.17) is 5.73 Å². The standard InChI is InChI=1S/C22H22F2N6O2/c23-15-1-2-17(24)16(9-15)19-4-6-27-30(19)21(32)12-7-13-10-29(11-14(13)8-12)22-26-5-3-18(28-22)20(25)31/h1-3,5-6,9,12-14,19H,4,7-8,10-11H2,(H2,25,31)/t12?,13-,14+,19-/m0/s1. The highest BCUT2D eigenvalue weighted by Crippen LogP contribution is 2.44. The molecule has 8 nitrogen and oxygen atoms in total. The lowest BCUT2D eigenvalue weighted by atomic mass is 10.00. The number of nitrogens with two attached hydrogens (primary N) is 1. The van der Waals surface area contributed by atoms with Crippen LogP contribution in [0, 0.1) is 29.4 Å². The lowest BCUT2D eigenvalue weighted by Crippen LogP contribution is -2.33. The zero-order chi connectivity index (χ0) is 22.4. The fraction of sp³-hybridized carbons (Fsp3) is 0.409. The largest absolute Gasteiger partial charge is 0.364 e. The van der Waals surface area contributed by atoms with Crippen LogP contribution in [0.5, 0.6) is 0 Å². The summed E-state index contributed by atoms with van der Waals surface area (Å²) in [6, 6.07) is 4.13. The van der Waals surface area contributed by atoms with Crippen molar-refractivity contribution >= 4 is 24.0 Å². The number of benzene rings is 1. The molecule has 3 heterocycles. The number of carbonyl (C=O) groups is 2. The number of halogens is 2. The minimum Gasteiger partial charge on any atom is -0.364 e. The molecule has 1 aromatic heterocycles. The Morgan fingerprint density at radius 2 is 1.84 bits per heavy atom. The molecule has 10 heteroatoms. The third-order valence-electron chi connectivity index (χ3n) is 6.65. The first kappa shape index (κ1) is 20.5. The van der Waals surface area contributed by atoms with Crippen LogP contribution in [0.4, 0.5) is 14.7 Å². The van der Waals surface area contributed by atoms with E-state index in [-0.39, 0.29) is 34.9 Å². The van der Waals surface area contributed by atoms with Crippen molar-refractivity contribution < 1.29 is 18.4 Å². The van der Waals surface area contributed by atoms with Gasteiger partial charge < -0.3 is 10.6 Å². The van der Waals surface area contributed by atoms with Crippen molar-refractivity contribution in [2.75, 3.05) is 18.0 Å². The molecule has 4 atom stereocenters. The highest BCUT2D eigenvalue weighted by atomic mass is 19.1. The topological polar surface area (TPSA) is 105 Å². The fourth-order valence-electron chi connectivity index (χ4n) is 5.14. The van der Waals surface area contributed by atoms with E-state index in [1.54, 1.807) is 6.21 Å². The number of hydrazone groups is 1. The van der Waals surface area contributed by atoms with Crippen LogP contribution in [0.3, 0.4) is 0 Å². The van der Waals surface area contributed by atoms with Crippen molar-refractivity contribution in [1.82, 2.24) is 15.0 Å². The fourth-order valence-corrected chi connectivity index (χ4v) is 5.14. The Balaban J connectivity index is 1.26. The average molecular weight is 440 g/mol. The van der Waals surface area contributed by atoms with Crippen LogP contribution in [0.15, 0.2) is 35.6 Å². The van der Waals surface area contributed by atoms with Gasteiger partial charge in [0.1, 0.15) is 17.3 Å². The van der Waals surface area contributed by atoms with E-state index in [0.717, 1.165) is 18.2 Å². The van der Waals surface area contributed by atoms with Crippen molar-refractivity contribution in [2.45, 2.75) is 25.3 Å². The second kappa shape index (κ2) is 7.92. The van der Waals surface area contributed by atoms with E-state index in [1.165, 1.54) is 17.3 Å². The first-order valence-electron chi connectivity index (χ1n) is 10.6. The number of hydrogen-bond acceptors (Lipinski definition) is 6. The van der Waals surface area contributed by atoms with Crippen LogP contribution in [0.25, 0.3) is 0 Å². The molecule has 2 aliphatic heterocycles. The third kappa shape index (κ3) is 3.59. The summed E-state index contributed by atoms with van der Waals surface area (Å²) in [5.74, 6) is -1.05. The lowest BCUT2D eigenvalue weighted by molar-refractivity contribution is -0.137. The summed E-state index contributed by atoms with van der Waals surface area (Å²) in [5.41, 5.74) is 5.62. The Morgan fingerprint density at radius 3 is 2.56 bits per heavy atom. The molecule has 5 rings (SSSR count). The van der Waals surface area contributed by atoms with Gasteiger partial charge in [-0.05, 0) is 48.9 Å². The first-order chi connectivity index (χ1) is 15.4. The quantitative estimate of drug-likeness (QED) is 0.785.